The van der Waals surface area contributed by atoms with Crippen LogP contribution in [0.25, 0.3) is 0 Å². The zero-order valence-corrected chi connectivity index (χ0v) is 26.8. The molecule has 2 spiro atoms. The molecule has 3 aromatic rings. The standard InChI is InChI=1S/C29H33FN12O2S2/c30-18-8-28(2-1-5-40(28)10-18)15-44-25-36-23(38-6-3-27(12-38)4-7-41(27)26(43)42-17-33-16-34-42)35-24(37-25)39-13-29(14-39)21-19(9-31)22(32)46-20(21)11-45-29/h16-18H,1-8,10-15,32H2/t18-,27?,28+/m1/s1. The van der Waals surface area contributed by atoms with E-state index in [4.69, 9.17) is 25.4 Å². The number of carbonyl (C=O) groups excluding carboxylic acids is 1. The van der Waals surface area contributed by atoms with Crippen LogP contribution in [-0.2, 0) is 10.5 Å². The minimum atomic E-state index is -0.852. The second-order valence-corrected chi connectivity index (χ2v) is 15.9. The van der Waals surface area contributed by atoms with Gasteiger partial charge in [0.15, 0.2) is 0 Å². The molecule has 3 aromatic heterocycles. The minimum absolute atomic E-state index is 0.181. The van der Waals surface area contributed by atoms with Crippen LogP contribution in [0.3, 0.4) is 0 Å². The summed E-state index contributed by atoms with van der Waals surface area (Å²) in [6.07, 6.45) is 5.98. The van der Waals surface area contributed by atoms with Crippen LogP contribution in [0, 0.1) is 11.3 Å². The summed E-state index contributed by atoms with van der Waals surface area (Å²) >= 11 is 3.36. The Bertz CT molecular complexity index is 1760. The first-order valence-corrected chi connectivity index (χ1v) is 17.5. The maximum absolute atomic E-state index is 14.5. The van der Waals surface area contributed by atoms with Crippen molar-refractivity contribution in [2.45, 2.75) is 59.9 Å². The molecule has 9 heterocycles. The van der Waals surface area contributed by atoms with Gasteiger partial charge in [0.2, 0.25) is 11.9 Å². The molecule has 5 fully saturated rings. The SMILES string of the molecule is N#Cc1c(N)sc2c1C1(CN(c3nc(OC[C@@]45CCCN4C[C@H](F)C5)nc(N4CCC5(CCN5C(=O)n5cncn5)C4)n3)C1)SC2. The second-order valence-electron chi connectivity index (χ2n) is 13.4. The molecule has 3 atom stereocenters. The Morgan fingerprint density at radius 1 is 1.13 bits per heavy atom. The van der Waals surface area contributed by atoms with E-state index in [-0.39, 0.29) is 27.9 Å². The number of fused-ring (bicyclic) bond motifs is 3. The number of likely N-dealkylation sites (tertiary alicyclic amines) is 1. The number of carbonyl (C=O) groups is 1. The number of nitriles is 1. The predicted octanol–water partition coefficient (Wildman–Crippen LogP) is 2.22. The first-order valence-electron chi connectivity index (χ1n) is 15.7. The van der Waals surface area contributed by atoms with Crippen LogP contribution in [-0.4, -0.2) is 115 Å². The Hall–Kier alpha value is -3.75. The number of aromatic nitrogens is 6. The zero-order chi connectivity index (χ0) is 31.3. The third-order valence-corrected chi connectivity index (χ3v) is 13.5. The molecule has 6 aliphatic heterocycles. The average Bonchev–Trinajstić information content (AvgIpc) is 3.84. The van der Waals surface area contributed by atoms with Crippen molar-refractivity contribution in [1.82, 2.24) is 39.5 Å². The van der Waals surface area contributed by atoms with E-state index in [1.165, 1.54) is 33.6 Å². The monoisotopic (exact) mass is 664 g/mol. The number of thiophene rings is 1. The number of nitrogen functional groups attached to an aromatic ring is 1. The Morgan fingerprint density at radius 3 is 2.72 bits per heavy atom. The van der Waals surface area contributed by atoms with Gasteiger partial charge in [-0.3, -0.25) is 4.90 Å². The van der Waals surface area contributed by atoms with Gasteiger partial charge in [-0.15, -0.1) is 23.1 Å². The zero-order valence-electron chi connectivity index (χ0n) is 25.1. The number of nitrogens with zero attached hydrogens (tertiary/aromatic N) is 11. The van der Waals surface area contributed by atoms with Gasteiger partial charge in [0.05, 0.1) is 21.4 Å². The lowest BCUT2D eigenvalue weighted by Gasteiger charge is -2.50. The average molecular weight is 665 g/mol. The normalized spacial score (nSPS) is 29.2. The van der Waals surface area contributed by atoms with Crippen molar-refractivity contribution >= 4 is 46.0 Å². The van der Waals surface area contributed by atoms with Gasteiger partial charge < -0.3 is 25.2 Å². The quantitative estimate of drug-likeness (QED) is 0.424. The van der Waals surface area contributed by atoms with Gasteiger partial charge in [-0.1, -0.05) is 0 Å². The molecule has 17 heteroatoms. The van der Waals surface area contributed by atoms with Gasteiger partial charge >= 0.3 is 12.0 Å². The minimum Gasteiger partial charge on any atom is -0.461 e. The maximum Gasteiger partial charge on any atom is 0.346 e. The smallest absolute Gasteiger partial charge is 0.346 e. The number of amides is 1. The molecule has 46 heavy (non-hydrogen) atoms. The molecule has 6 aliphatic rings. The third kappa shape index (κ3) is 4.15. The molecule has 0 saturated carbocycles. The summed E-state index contributed by atoms with van der Waals surface area (Å²) in [5.41, 5.74) is 7.20. The number of anilines is 3. The lowest BCUT2D eigenvalue weighted by molar-refractivity contribution is 0.0399. The molecule has 5 saturated heterocycles. The fraction of sp³-hybridized carbons (Fsp3) is 0.621. The highest BCUT2D eigenvalue weighted by Gasteiger charge is 2.55. The van der Waals surface area contributed by atoms with Crippen LogP contribution >= 0.6 is 23.1 Å². The molecule has 1 amide bonds. The van der Waals surface area contributed by atoms with Crippen LogP contribution < -0.4 is 20.3 Å². The molecule has 0 aromatic carbocycles. The van der Waals surface area contributed by atoms with Crippen LogP contribution in [0.5, 0.6) is 6.01 Å². The third-order valence-electron chi connectivity index (χ3n) is 10.9. The van der Waals surface area contributed by atoms with Gasteiger partial charge in [0.1, 0.15) is 36.5 Å². The van der Waals surface area contributed by atoms with Crippen molar-refractivity contribution in [3.63, 3.8) is 0 Å². The van der Waals surface area contributed by atoms with Crippen molar-refractivity contribution in [2.24, 2.45) is 0 Å². The van der Waals surface area contributed by atoms with E-state index < -0.39 is 6.17 Å². The van der Waals surface area contributed by atoms with E-state index in [1.54, 1.807) is 0 Å². The molecule has 14 nitrogen and oxygen atoms in total. The van der Waals surface area contributed by atoms with Gasteiger partial charge in [-0.25, -0.2) is 14.2 Å². The first kappa shape index (κ1) is 28.5. The summed E-state index contributed by atoms with van der Waals surface area (Å²) < 4.78 is 21.9. The van der Waals surface area contributed by atoms with Gasteiger partial charge in [-0.05, 0) is 32.2 Å². The lowest BCUT2D eigenvalue weighted by Crippen LogP contribution is -2.64. The van der Waals surface area contributed by atoms with Crippen molar-refractivity contribution < 1.29 is 13.9 Å². The molecular formula is C29H33FN12O2S2. The fourth-order valence-corrected chi connectivity index (χ4v) is 11.3. The Morgan fingerprint density at radius 2 is 1.96 bits per heavy atom. The summed E-state index contributed by atoms with van der Waals surface area (Å²) in [5.74, 6) is 1.86. The van der Waals surface area contributed by atoms with E-state index in [0.717, 1.165) is 43.5 Å². The summed E-state index contributed by atoms with van der Waals surface area (Å²) in [4.78, 5) is 41.1. The van der Waals surface area contributed by atoms with Gasteiger partial charge in [0.25, 0.3) is 0 Å². The fourth-order valence-electron chi connectivity index (χ4n) is 8.48. The van der Waals surface area contributed by atoms with Crippen LogP contribution in [0.4, 0.5) is 26.1 Å². The van der Waals surface area contributed by atoms with E-state index >= 15 is 0 Å². The molecule has 0 bridgehead atoms. The van der Waals surface area contributed by atoms with Gasteiger partial charge in [-0.2, -0.15) is 30.0 Å². The molecule has 1 unspecified atom stereocenters. The Labute approximate surface area is 272 Å². The number of halogens is 1. The summed E-state index contributed by atoms with van der Waals surface area (Å²) in [7, 11) is 0. The molecule has 2 N–H and O–H groups in total. The van der Waals surface area contributed by atoms with Crippen molar-refractivity contribution in [2.75, 3.05) is 68.0 Å². The van der Waals surface area contributed by atoms with Crippen molar-refractivity contribution in [3.8, 4) is 12.1 Å². The number of hydrogen-bond donors (Lipinski definition) is 1. The summed E-state index contributed by atoms with van der Waals surface area (Å²) in [5, 5.41) is 14.5. The Kier molecular flexibility index (Phi) is 6.27. The lowest BCUT2D eigenvalue weighted by atomic mass is 9.84. The highest BCUT2D eigenvalue weighted by molar-refractivity contribution is 8.00. The number of alkyl halides is 1. The molecule has 240 valence electrons. The predicted molar refractivity (Wildman–Crippen MR) is 169 cm³/mol. The molecule has 0 aliphatic carbocycles. The number of rotatable bonds is 5. The van der Waals surface area contributed by atoms with E-state index in [1.807, 2.05) is 16.7 Å². The highest BCUT2D eigenvalue weighted by Crippen LogP contribution is 2.58. The topological polar surface area (TPSA) is 158 Å². The highest BCUT2D eigenvalue weighted by atomic mass is 32.2. The number of nitrogens with two attached hydrogens (primary N) is 1. The molecule has 9 rings (SSSR count). The van der Waals surface area contributed by atoms with Crippen molar-refractivity contribution in [1.29, 1.82) is 5.26 Å². The summed E-state index contributed by atoms with van der Waals surface area (Å²) in [6.45, 7) is 4.85. The maximum atomic E-state index is 14.5. The Balaban J connectivity index is 0.994. The van der Waals surface area contributed by atoms with E-state index in [9.17, 15) is 14.4 Å². The molecular weight excluding hydrogens is 632 g/mol. The van der Waals surface area contributed by atoms with Crippen molar-refractivity contribution in [3.05, 3.63) is 28.7 Å². The van der Waals surface area contributed by atoms with Gasteiger partial charge in [0, 0.05) is 61.9 Å². The number of hydrogen-bond acceptors (Lipinski definition) is 14. The van der Waals surface area contributed by atoms with E-state index in [0.29, 0.717) is 74.8 Å². The van der Waals surface area contributed by atoms with Crippen LogP contribution in [0.1, 0.15) is 48.1 Å². The first-order chi connectivity index (χ1) is 22.3. The number of ether oxygens (including phenoxy) is 1. The van der Waals surface area contributed by atoms with Crippen LogP contribution in [0.2, 0.25) is 0 Å². The second kappa shape index (κ2) is 10.1. The summed E-state index contributed by atoms with van der Waals surface area (Å²) in [6, 6.07) is 2.38. The largest absolute Gasteiger partial charge is 0.461 e. The van der Waals surface area contributed by atoms with E-state index in [2.05, 4.69) is 30.9 Å². The van der Waals surface area contributed by atoms with Crippen LogP contribution in [0.15, 0.2) is 12.7 Å². The number of thioether (sulfide) groups is 1. The molecule has 0 radical (unpaired) electrons.